The van der Waals surface area contributed by atoms with E-state index in [1.54, 1.807) is 0 Å². The van der Waals surface area contributed by atoms with Crippen molar-refractivity contribution in [3.63, 3.8) is 0 Å². The van der Waals surface area contributed by atoms with Crippen LogP contribution < -0.4 is 10.6 Å². The first-order valence-corrected chi connectivity index (χ1v) is 4.45. The summed E-state index contributed by atoms with van der Waals surface area (Å²) in [5, 5.41) is 6.60. The van der Waals surface area contributed by atoms with E-state index in [4.69, 9.17) is 0 Å². The van der Waals surface area contributed by atoms with E-state index in [0.29, 0.717) is 0 Å². The van der Waals surface area contributed by atoms with E-state index in [1.165, 1.54) is 11.4 Å². The summed E-state index contributed by atoms with van der Waals surface area (Å²) in [6, 6.07) is 8.25. The second-order valence-electron chi connectivity index (χ2n) is 2.61. The van der Waals surface area contributed by atoms with Crippen molar-refractivity contribution in [1.82, 2.24) is 0 Å². The molecule has 0 spiro atoms. The van der Waals surface area contributed by atoms with Gasteiger partial charge in [-0.3, -0.25) is 0 Å². The zero-order chi connectivity index (χ0) is 8.81. The Morgan fingerprint density at radius 3 is 1.62 bits per heavy atom. The first-order valence-electron chi connectivity index (χ1n) is 4.45. The smallest absolute Gasteiger partial charge is 0.0575 e. The van der Waals surface area contributed by atoms with E-state index in [0.717, 1.165) is 13.1 Å². The predicted octanol–water partition coefficient (Wildman–Crippen LogP) is 2.97. The highest BCUT2D eigenvalue weighted by Crippen LogP contribution is 2.19. The first-order chi connectivity index (χ1) is 5.88. The molecule has 0 atom stereocenters. The molecule has 1 aromatic rings. The van der Waals surface area contributed by atoms with Crippen molar-refractivity contribution >= 4 is 23.8 Å². The lowest BCUT2D eigenvalue weighted by molar-refractivity contribution is 1.18. The minimum absolute atomic E-state index is 0. The molecule has 0 bridgehead atoms. The average Bonchev–Trinajstić information content (AvgIpc) is 2.09. The second-order valence-corrected chi connectivity index (χ2v) is 2.61. The SMILES string of the molecule is CCNc1ccccc1NCC.Cl. The molecule has 1 rings (SSSR count). The highest BCUT2D eigenvalue weighted by Gasteiger charge is 1.96. The van der Waals surface area contributed by atoms with E-state index in [1.807, 2.05) is 12.1 Å². The lowest BCUT2D eigenvalue weighted by Crippen LogP contribution is -2.03. The van der Waals surface area contributed by atoms with Gasteiger partial charge in [0, 0.05) is 13.1 Å². The number of nitrogens with one attached hydrogen (secondary N) is 2. The highest BCUT2D eigenvalue weighted by atomic mass is 35.5. The van der Waals surface area contributed by atoms with E-state index in [2.05, 4.69) is 36.6 Å². The van der Waals surface area contributed by atoms with Crippen LogP contribution in [0.2, 0.25) is 0 Å². The summed E-state index contributed by atoms with van der Waals surface area (Å²) >= 11 is 0. The van der Waals surface area contributed by atoms with Gasteiger partial charge in [0.1, 0.15) is 0 Å². The van der Waals surface area contributed by atoms with Gasteiger partial charge in [-0.15, -0.1) is 12.4 Å². The van der Waals surface area contributed by atoms with Crippen LogP contribution in [0.1, 0.15) is 13.8 Å². The first kappa shape index (κ1) is 12.1. The van der Waals surface area contributed by atoms with Crippen molar-refractivity contribution in [2.24, 2.45) is 0 Å². The Balaban J connectivity index is 0.00000144. The summed E-state index contributed by atoms with van der Waals surface area (Å²) < 4.78 is 0. The van der Waals surface area contributed by atoms with Crippen LogP contribution in [-0.2, 0) is 0 Å². The molecule has 0 fully saturated rings. The van der Waals surface area contributed by atoms with Crippen molar-refractivity contribution in [1.29, 1.82) is 0 Å². The maximum Gasteiger partial charge on any atom is 0.0575 e. The molecule has 3 heteroatoms. The van der Waals surface area contributed by atoms with Crippen molar-refractivity contribution in [3.8, 4) is 0 Å². The second kappa shape index (κ2) is 6.61. The number of hydrogen-bond acceptors (Lipinski definition) is 2. The minimum Gasteiger partial charge on any atom is -0.384 e. The van der Waals surface area contributed by atoms with Gasteiger partial charge in [-0.1, -0.05) is 12.1 Å². The largest absolute Gasteiger partial charge is 0.384 e. The molecular formula is C10H17ClN2. The van der Waals surface area contributed by atoms with Crippen LogP contribution >= 0.6 is 12.4 Å². The fourth-order valence-electron chi connectivity index (χ4n) is 1.17. The number of hydrogen-bond donors (Lipinski definition) is 2. The zero-order valence-electron chi connectivity index (χ0n) is 8.13. The summed E-state index contributed by atoms with van der Waals surface area (Å²) in [5.41, 5.74) is 2.36. The molecule has 1 aromatic carbocycles. The normalized spacial score (nSPS) is 8.77. The van der Waals surface area contributed by atoms with Crippen LogP contribution in [0.4, 0.5) is 11.4 Å². The van der Waals surface area contributed by atoms with E-state index >= 15 is 0 Å². The van der Waals surface area contributed by atoms with Gasteiger partial charge >= 0.3 is 0 Å². The Morgan fingerprint density at radius 2 is 1.31 bits per heavy atom. The third-order valence-electron chi connectivity index (χ3n) is 1.66. The van der Waals surface area contributed by atoms with Crippen molar-refractivity contribution in [2.45, 2.75) is 13.8 Å². The number of para-hydroxylation sites is 2. The van der Waals surface area contributed by atoms with Gasteiger partial charge in [-0.2, -0.15) is 0 Å². The van der Waals surface area contributed by atoms with Gasteiger partial charge in [0.15, 0.2) is 0 Å². The van der Waals surface area contributed by atoms with E-state index in [9.17, 15) is 0 Å². The zero-order valence-corrected chi connectivity index (χ0v) is 8.95. The molecule has 0 unspecified atom stereocenters. The van der Waals surface area contributed by atoms with Gasteiger partial charge < -0.3 is 10.6 Å². The standard InChI is InChI=1S/C10H16N2.ClH/c1-3-11-9-7-5-6-8-10(9)12-4-2;/h5-8,11-12H,3-4H2,1-2H3;1H. The van der Waals surface area contributed by atoms with Crippen LogP contribution in [0.15, 0.2) is 24.3 Å². The number of halogens is 1. The summed E-state index contributed by atoms with van der Waals surface area (Å²) in [4.78, 5) is 0. The Morgan fingerprint density at radius 1 is 0.923 bits per heavy atom. The average molecular weight is 201 g/mol. The molecule has 0 aliphatic heterocycles. The number of anilines is 2. The lowest BCUT2D eigenvalue weighted by Gasteiger charge is -2.10. The van der Waals surface area contributed by atoms with Crippen molar-refractivity contribution < 1.29 is 0 Å². The third kappa shape index (κ3) is 3.55. The van der Waals surface area contributed by atoms with Crippen LogP contribution in [0.5, 0.6) is 0 Å². The number of rotatable bonds is 4. The summed E-state index contributed by atoms with van der Waals surface area (Å²) in [6.07, 6.45) is 0. The third-order valence-corrected chi connectivity index (χ3v) is 1.66. The van der Waals surface area contributed by atoms with Crippen molar-refractivity contribution in [3.05, 3.63) is 24.3 Å². The molecule has 0 amide bonds. The maximum atomic E-state index is 3.30. The molecule has 0 saturated heterocycles. The fourth-order valence-corrected chi connectivity index (χ4v) is 1.17. The van der Waals surface area contributed by atoms with Gasteiger partial charge in [0.25, 0.3) is 0 Å². The van der Waals surface area contributed by atoms with Gasteiger partial charge in [-0.05, 0) is 26.0 Å². The van der Waals surface area contributed by atoms with Crippen molar-refractivity contribution in [2.75, 3.05) is 23.7 Å². The summed E-state index contributed by atoms with van der Waals surface area (Å²) in [6.45, 7) is 6.12. The molecular weight excluding hydrogens is 184 g/mol. The Bertz CT molecular complexity index is 213. The fraction of sp³-hybridized carbons (Fsp3) is 0.400. The van der Waals surface area contributed by atoms with Crippen LogP contribution in [0.25, 0.3) is 0 Å². The van der Waals surface area contributed by atoms with E-state index < -0.39 is 0 Å². The lowest BCUT2D eigenvalue weighted by atomic mass is 10.2. The van der Waals surface area contributed by atoms with Gasteiger partial charge in [0.05, 0.1) is 11.4 Å². The quantitative estimate of drug-likeness (QED) is 0.781. The molecule has 13 heavy (non-hydrogen) atoms. The summed E-state index contributed by atoms with van der Waals surface area (Å²) in [5.74, 6) is 0. The maximum absolute atomic E-state index is 3.30. The molecule has 0 aliphatic rings. The Labute approximate surface area is 86.1 Å². The molecule has 0 aromatic heterocycles. The number of benzene rings is 1. The van der Waals surface area contributed by atoms with Crippen LogP contribution in [0, 0.1) is 0 Å². The molecule has 74 valence electrons. The summed E-state index contributed by atoms with van der Waals surface area (Å²) in [7, 11) is 0. The predicted molar refractivity (Wildman–Crippen MR) is 62.0 cm³/mol. The minimum atomic E-state index is 0. The molecule has 2 N–H and O–H groups in total. The molecule has 0 aliphatic carbocycles. The molecule has 0 heterocycles. The van der Waals surface area contributed by atoms with E-state index in [-0.39, 0.29) is 12.4 Å². The molecule has 0 saturated carbocycles. The van der Waals surface area contributed by atoms with Gasteiger partial charge in [-0.25, -0.2) is 0 Å². The highest BCUT2D eigenvalue weighted by molar-refractivity contribution is 5.85. The topological polar surface area (TPSA) is 24.1 Å². The van der Waals surface area contributed by atoms with Crippen LogP contribution in [0.3, 0.4) is 0 Å². The van der Waals surface area contributed by atoms with Crippen LogP contribution in [-0.4, -0.2) is 13.1 Å². The monoisotopic (exact) mass is 200 g/mol. The Hall–Kier alpha value is -0.890. The van der Waals surface area contributed by atoms with Gasteiger partial charge in [0.2, 0.25) is 0 Å². The molecule has 0 radical (unpaired) electrons. The Kier molecular flexibility index (Phi) is 6.15. The molecule has 2 nitrogen and oxygen atoms in total.